The Labute approximate surface area is 158 Å². The summed E-state index contributed by atoms with van der Waals surface area (Å²) >= 11 is 0. The number of amides is 1. The number of benzene rings is 1. The van der Waals surface area contributed by atoms with E-state index in [0.29, 0.717) is 17.3 Å². The zero-order valence-electron chi connectivity index (χ0n) is 15.8. The van der Waals surface area contributed by atoms with Crippen LogP contribution in [0.4, 0.5) is 4.39 Å². The summed E-state index contributed by atoms with van der Waals surface area (Å²) < 4.78 is 14.2. The number of fused-ring (bicyclic) bond motifs is 5. The molecule has 5 rings (SSSR count). The molecule has 2 saturated carbocycles. The molecule has 4 nitrogen and oxygen atoms in total. The Hall–Kier alpha value is -2.30. The number of carbonyl (C=O) groups excluding carboxylic acids is 1. The molecular weight excluding hydrogens is 341 g/mol. The highest BCUT2D eigenvalue weighted by Gasteiger charge is 2.67. The SMILES string of the molecule is CC1(C)C2CC[C@@]1(C(=O)NC1CCC1)c1nnc(-c3ccccc3F)cc12. The number of rotatable bonds is 3. The highest BCUT2D eigenvalue weighted by Crippen LogP contribution is 2.67. The van der Waals surface area contributed by atoms with Crippen molar-refractivity contribution in [3.05, 3.63) is 47.4 Å². The minimum absolute atomic E-state index is 0.103. The number of nitrogens with one attached hydrogen (secondary N) is 1. The predicted molar refractivity (Wildman–Crippen MR) is 101 cm³/mol. The Bertz CT molecular complexity index is 937. The number of hydrogen-bond acceptors (Lipinski definition) is 3. The normalized spacial score (nSPS) is 27.9. The summed E-state index contributed by atoms with van der Waals surface area (Å²) in [6.07, 6.45) is 5.09. The van der Waals surface area contributed by atoms with E-state index < -0.39 is 5.41 Å². The molecule has 1 N–H and O–H groups in total. The fourth-order valence-electron chi connectivity index (χ4n) is 5.49. The smallest absolute Gasteiger partial charge is 0.233 e. The molecule has 0 radical (unpaired) electrons. The van der Waals surface area contributed by atoms with E-state index in [1.54, 1.807) is 18.2 Å². The fourth-order valence-corrected chi connectivity index (χ4v) is 5.49. The molecular formula is C22H24FN3O. The van der Waals surface area contributed by atoms with Gasteiger partial charge in [0, 0.05) is 11.6 Å². The third-order valence-electron chi connectivity index (χ3n) is 7.36. The van der Waals surface area contributed by atoms with Crippen LogP contribution in [0.15, 0.2) is 30.3 Å². The first-order valence-corrected chi connectivity index (χ1v) is 9.89. The Kier molecular flexibility index (Phi) is 3.49. The van der Waals surface area contributed by atoms with Crippen LogP contribution in [0.5, 0.6) is 0 Å². The van der Waals surface area contributed by atoms with Crippen LogP contribution in [0.2, 0.25) is 0 Å². The monoisotopic (exact) mass is 365 g/mol. The Morgan fingerprint density at radius 2 is 1.96 bits per heavy atom. The highest BCUT2D eigenvalue weighted by atomic mass is 19.1. The summed E-state index contributed by atoms with van der Waals surface area (Å²) in [5.74, 6) is 0.0543. The standard InChI is InChI=1S/C22H24FN3O/c1-21(2)16-10-11-22(21,20(27)24-13-6-5-7-13)19-15(16)12-18(25-26-19)14-8-3-4-9-17(14)23/h3-4,8-9,12-13,16H,5-7,10-11H2,1-2H3,(H,24,27)/t16?,22-/m0/s1. The number of aromatic nitrogens is 2. The van der Waals surface area contributed by atoms with E-state index in [0.717, 1.165) is 36.9 Å². The topological polar surface area (TPSA) is 54.9 Å². The second-order valence-corrected chi connectivity index (χ2v) is 8.83. The van der Waals surface area contributed by atoms with Crippen LogP contribution in [0.25, 0.3) is 11.3 Å². The van der Waals surface area contributed by atoms with Gasteiger partial charge >= 0.3 is 0 Å². The number of nitrogens with zero attached hydrogens (tertiary/aromatic N) is 2. The average Bonchev–Trinajstić information content (AvgIpc) is 3.00. The molecule has 1 aromatic heterocycles. The van der Waals surface area contributed by atoms with Crippen molar-refractivity contribution in [2.75, 3.05) is 0 Å². The average molecular weight is 365 g/mol. The molecule has 2 bridgehead atoms. The predicted octanol–water partition coefficient (Wildman–Crippen LogP) is 4.11. The summed E-state index contributed by atoms with van der Waals surface area (Å²) in [7, 11) is 0. The van der Waals surface area contributed by atoms with Crippen molar-refractivity contribution >= 4 is 5.91 Å². The van der Waals surface area contributed by atoms with Crippen LogP contribution < -0.4 is 5.32 Å². The molecule has 1 aromatic carbocycles. The third-order valence-corrected chi connectivity index (χ3v) is 7.36. The largest absolute Gasteiger partial charge is 0.353 e. The van der Waals surface area contributed by atoms with E-state index in [4.69, 9.17) is 0 Å². The van der Waals surface area contributed by atoms with Crippen LogP contribution in [0.3, 0.4) is 0 Å². The third kappa shape index (κ3) is 2.11. The first kappa shape index (κ1) is 16.8. The van der Waals surface area contributed by atoms with E-state index in [-0.39, 0.29) is 23.1 Å². The quantitative estimate of drug-likeness (QED) is 0.891. The van der Waals surface area contributed by atoms with Crippen molar-refractivity contribution < 1.29 is 9.18 Å². The molecule has 1 heterocycles. The highest BCUT2D eigenvalue weighted by molar-refractivity contribution is 5.92. The maximum atomic E-state index is 14.2. The molecule has 0 spiro atoms. The molecule has 27 heavy (non-hydrogen) atoms. The lowest BCUT2D eigenvalue weighted by atomic mass is 9.67. The molecule has 1 amide bonds. The molecule has 0 saturated heterocycles. The van der Waals surface area contributed by atoms with Crippen molar-refractivity contribution in [3.8, 4) is 11.3 Å². The van der Waals surface area contributed by atoms with Gasteiger partial charge in [0.1, 0.15) is 5.82 Å². The lowest BCUT2D eigenvalue weighted by Crippen LogP contribution is -2.53. The molecule has 3 aliphatic carbocycles. The molecule has 2 fully saturated rings. The molecule has 0 aliphatic heterocycles. The van der Waals surface area contributed by atoms with Crippen LogP contribution in [0, 0.1) is 11.2 Å². The summed E-state index contributed by atoms with van der Waals surface area (Å²) in [5, 5.41) is 12.1. The second kappa shape index (κ2) is 5.60. The first-order chi connectivity index (χ1) is 12.9. The van der Waals surface area contributed by atoms with E-state index in [9.17, 15) is 9.18 Å². The second-order valence-electron chi connectivity index (χ2n) is 8.83. The zero-order valence-corrected chi connectivity index (χ0v) is 15.8. The minimum Gasteiger partial charge on any atom is -0.353 e. The Morgan fingerprint density at radius 1 is 1.19 bits per heavy atom. The van der Waals surface area contributed by atoms with Gasteiger partial charge in [-0.3, -0.25) is 4.79 Å². The molecule has 3 aliphatic rings. The van der Waals surface area contributed by atoms with Crippen molar-refractivity contribution in [2.45, 2.75) is 63.3 Å². The Balaban J connectivity index is 1.60. The van der Waals surface area contributed by atoms with E-state index >= 15 is 0 Å². The minimum atomic E-state index is -0.622. The van der Waals surface area contributed by atoms with Gasteiger partial charge < -0.3 is 5.32 Å². The van der Waals surface area contributed by atoms with Crippen molar-refractivity contribution in [1.82, 2.24) is 15.5 Å². The van der Waals surface area contributed by atoms with Crippen molar-refractivity contribution in [3.63, 3.8) is 0 Å². The van der Waals surface area contributed by atoms with Crippen LogP contribution in [0.1, 0.15) is 63.1 Å². The van der Waals surface area contributed by atoms with Gasteiger partial charge in [-0.1, -0.05) is 26.0 Å². The molecule has 140 valence electrons. The van der Waals surface area contributed by atoms with Crippen molar-refractivity contribution in [2.24, 2.45) is 5.41 Å². The molecule has 2 atom stereocenters. The van der Waals surface area contributed by atoms with Crippen LogP contribution in [-0.4, -0.2) is 22.1 Å². The van der Waals surface area contributed by atoms with E-state index in [2.05, 4.69) is 29.4 Å². The van der Waals surface area contributed by atoms with E-state index in [1.165, 1.54) is 12.5 Å². The van der Waals surface area contributed by atoms with Gasteiger partial charge in [0.2, 0.25) is 5.91 Å². The lowest BCUT2D eigenvalue weighted by Gasteiger charge is -2.39. The number of hydrogen-bond donors (Lipinski definition) is 1. The summed E-state index contributed by atoms with van der Waals surface area (Å²) in [5.41, 5.74) is 2.05. The van der Waals surface area contributed by atoms with Gasteiger partial charge in [-0.2, -0.15) is 10.2 Å². The Morgan fingerprint density at radius 3 is 2.67 bits per heavy atom. The number of carbonyl (C=O) groups is 1. The number of halogens is 1. The van der Waals surface area contributed by atoms with Gasteiger partial charge in [-0.05, 0) is 67.2 Å². The molecule has 1 unspecified atom stereocenters. The first-order valence-electron chi connectivity index (χ1n) is 9.89. The van der Waals surface area contributed by atoms with Gasteiger partial charge in [-0.15, -0.1) is 0 Å². The summed E-state index contributed by atoms with van der Waals surface area (Å²) in [4.78, 5) is 13.4. The maximum Gasteiger partial charge on any atom is 0.233 e. The van der Waals surface area contributed by atoms with Crippen molar-refractivity contribution in [1.29, 1.82) is 0 Å². The summed E-state index contributed by atoms with van der Waals surface area (Å²) in [6, 6.07) is 8.90. The zero-order chi connectivity index (χ0) is 18.8. The molecule has 5 heteroatoms. The van der Waals surface area contributed by atoms with Gasteiger partial charge in [0.05, 0.1) is 16.8 Å². The van der Waals surface area contributed by atoms with Gasteiger partial charge in [-0.25, -0.2) is 4.39 Å². The fraction of sp³-hybridized carbons (Fsp3) is 0.500. The van der Waals surface area contributed by atoms with E-state index in [1.807, 2.05) is 6.07 Å². The lowest BCUT2D eigenvalue weighted by molar-refractivity contribution is -0.131. The molecule has 2 aromatic rings. The van der Waals surface area contributed by atoms with Crippen LogP contribution in [-0.2, 0) is 10.2 Å². The summed E-state index contributed by atoms with van der Waals surface area (Å²) in [6.45, 7) is 4.35. The van der Waals surface area contributed by atoms with Crippen LogP contribution >= 0.6 is 0 Å². The van der Waals surface area contributed by atoms with Gasteiger partial charge in [0.15, 0.2) is 0 Å². The maximum absolute atomic E-state index is 14.2. The van der Waals surface area contributed by atoms with Gasteiger partial charge in [0.25, 0.3) is 0 Å².